The second-order valence-electron chi connectivity index (χ2n) is 14.3. The first-order valence-electron chi connectivity index (χ1n) is 17.1. The third-order valence-electron chi connectivity index (χ3n) is 9.74. The molecule has 0 unspecified atom stereocenters. The number of rotatable bonds is 7. The van der Waals surface area contributed by atoms with Crippen molar-refractivity contribution in [2.24, 2.45) is 0 Å². The highest BCUT2D eigenvalue weighted by Gasteiger charge is 2.38. The maximum atomic E-state index is 16.0. The molecule has 2 aliphatic rings. The van der Waals surface area contributed by atoms with Gasteiger partial charge in [0.05, 0.1) is 23.6 Å². The van der Waals surface area contributed by atoms with Crippen molar-refractivity contribution in [3.8, 4) is 22.6 Å². The molecule has 1 saturated heterocycles. The second-order valence-corrected chi connectivity index (χ2v) is 14.3. The smallest absolute Gasteiger partial charge is 0.416 e. The SMILES string of the molecule is Cc1cc2cc(c1F)[C@H](CC(=O)O)NC(=O)[C@@H](n1cc(CCN3CC(F)C3)c(C(F)(F)F)cc1=O)c1cc(ccc1F)Oc1cc(C(C)(C)O)cc(C)c1-2. The van der Waals surface area contributed by atoms with Crippen LogP contribution in [0.2, 0.25) is 0 Å². The fraction of sp³-hybridized carbons (Fsp3) is 0.359. The fourth-order valence-electron chi connectivity index (χ4n) is 6.98. The predicted octanol–water partition coefficient (Wildman–Crippen LogP) is 6.88. The molecule has 2 atom stereocenters. The number of amides is 1. The minimum atomic E-state index is -5.00. The largest absolute Gasteiger partial charge is 0.481 e. The van der Waals surface area contributed by atoms with E-state index in [1.165, 1.54) is 31.2 Å². The first-order valence-corrected chi connectivity index (χ1v) is 17.1. The van der Waals surface area contributed by atoms with Crippen LogP contribution in [-0.2, 0) is 27.8 Å². The number of aryl methyl sites for hydroxylation is 2. The Morgan fingerprint density at radius 2 is 1.69 bits per heavy atom. The Hall–Kier alpha value is -5.15. The van der Waals surface area contributed by atoms with E-state index in [2.05, 4.69) is 5.32 Å². The van der Waals surface area contributed by atoms with Gasteiger partial charge in [0.2, 0.25) is 5.91 Å². The summed E-state index contributed by atoms with van der Waals surface area (Å²) in [6.07, 6.45) is -6.54. The van der Waals surface area contributed by atoms with Gasteiger partial charge in [0.15, 0.2) is 0 Å². The van der Waals surface area contributed by atoms with Crippen molar-refractivity contribution >= 4 is 11.9 Å². The summed E-state index contributed by atoms with van der Waals surface area (Å²) in [5, 5.41) is 23.2. The van der Waals surface area contributed by atoms with E-state index in [9.17, 15) is 42.2 Å². The fourth-order valence-corrected chi connectivity index (χ4v) is 6.98. The van der Waals surface area contributed by atoms with E-state index in [1.54, 1.807) is 31.7 Å². The minimum Gasteiger partial charge on any atom is -0.481 e. The molecule has 286 valence electrons. The summed E-state index contributed by atoms with van der Waals surface area (Å²) in [7, 11) is 0. The molecular formula is C39H37F6N3O6. The lowest BCUT2D eigenvalue weighted by atomic mass is 9.88. The zero-order chi connectivity index (χ0) is 39.4. The zero-order valence-corrected chi connectivity index (χ0v) is 29.7. The van der Waals surface area contributed by atoms with Gasteiger partial charge in [-0.25, -0.2) is 13.2 Å². The molecule has 0 aliphatic carbocycles. The Bertz CT molecular complexity index is 2210. The van der Waals surface area contributed by atoms with E-state index >= 15 is 8.78 Å². The predicted molar refractivity (Wildman–Crippen MR) is 185 cm³/mol. The number of hydrogen-bond donors (Lipinski definition) is 3. The molecule has 4 aromatic rings. The monoisotopic (exact) mass is 757 g/mol. The Labute approximate surface area is 305 Å². The van der Waals surface area contributed by atoms with E-state index in [4.69, 9.17) is 4.74 Å². The number of ether oxygens (including phenoxy) is 1. The van der Waals surface area contributed by atoms with Crippen LogP contribution < -0.4 is 15.6 Å². The summed E-state index contributed by atoms with van der Waals surface area (Å²) < 4.78 is 95.2. The number of nitrogens with one attached hydrogen (secondary N) is 1. The molecule has 4 bridgehead atoms. The maximum absolute atomic E-state index is 16.0. The van der Waals surface area contributed by atoms with Gasteiger partial charge in [-0.15, -0.1) is 0 Å². The van der Waals surface area contributed by atoms with Gasteiger partial charge in [-0.3, -0.25) is 23.9 Å². The molecule has 54 heavy (non-hydrogen) atoms. The summed E-state index contributed by atoms with van der Waals surface area (Å²) in [6.45, 7) is 6.22. The van der Waals surface area contributed by atoms with Crippen LogP contribution >= 0.6 is 0 Å². The number of aromatic nitrogens is 1. The van der Waals surface area contributed by atoms with Gasteiger partial charge in [-0.05, 0) is 98.3 Å². The van der Waals surface area contributed by atoms with E-state index < -0.39 is 82.2 Å². The van der Waals surface area contributed by atoms with Gasteiger partial charge in [0.1, 0.15) is 35.3 Å². The lowest BCUT2D eigenvalue weighted by Crippen LogP contribution is -2.49. The number of alkyl halides is 4. The molecule has 1 aromatic heterocycles. The highest BCUT2D eigenvalue weighted by Crippen LogP contribution is 2.43. The van der Waals surface area contributed by atoms with Crippen molar-refractivity contribution in [2.75, 3.05) is 19.6 Å². The van der Waals surface area contributed by atoms with Gasteiger partial charge in [-0.1, -0.05) is 6.07 Å². The van der Waals surface area contributed by atoms with Crippen molar-refractivity contribution in [3.63, 3.8) is 0 Å². The molecule has 9 nitrogen and oxygen atoms in total. The number of carbonyl (C=O) groups is 2. The summed E-state index contributed by atoms with van der Waals surface area (Å²) in [6, 6.07) is 5.89. The van der Waals surface area contributed by atoms with Crippen LogP contribution in [0.15, 0.2) is 59.5 Å². The number of pyridine rings is 1. The molecule has 2 aliphatic heterocycles. The highest BCUT2D eigenvalue weighted by molar-refractivity contribution is 5.85. The quantitative estimate of drug-likeness (QED) is 0.176. The third-order valence-corrected chi connectivity index (χ3v) is 9.74. The molecule has 0 radical (unpaired) electrons. The number of hydrogen-bond acceptors (Lipinski definition) is 6. The van der Waals surface area contributed by atoms with Crippen molar-refractivity contribution < 1.29 is 50.9 Å². The maximum Gasteiger partial charge on any atom is 0.416 e. The van der Waals surface area contributed by atoms with Gasteiger partial charge >= 0.3 is 12.1 Å². The number of benzene rings is 3. The van der Waals surface area contributed by atoms with Crippen LogP contribution in [0.4, 0.5) is 26.3 Å². The number of halogens is 6. The highest BCUT2D eigenvalue weighted by atomic mass is 19.4. The molecule has 0 spiro atoms. The molecule has 3 heterocycles. The van der Waals surface area contributed by atoms with Crippen molar-refractivity contribution in [1.82, 2.24) is 14.8 Å². The number of likely N-dealkylation sites (tertiary alicyclic amines) is 1. The van der Waals surface area contributed by atoms with Gasteiger partial charge < -0.3 is 20.3 Å². The number of carboxylic acid groups (broad SMARTS) is 1. The molecule has 6 rings (SSSR count). The molecule has 0 saturated carbocycles. The summed E-state index contributed by atoms with van der Waals surface area (Å²) in [4.78, 5) is 41.7. The van der Waals surface area contributed by atoms with Gasteiger partial charge in [0.25, 0.3) is 5.56 Å². The lowest BCUT2D eigenvalue weighted by Gasteiger charge is -2.34. The van der Waals surface area contributed by atoms with Crippen LogP contribution in [0.3, 0.4) is 0 Å². The Morgan fingerprint density at radius 3 is 2.31 bits per heavy atom. The normalized spacial score (nSPS) is 18.0. The number of aliphatic hydroxyl groups is 1. The summed E-state index contributed by atoms with van der Waals surface area (Å²) in [5.41, 5.74) is -3.48. The minimum absolute atomic E-state index is 0.00612. The topological polar surface area (TPSA) is 121 Å². The zero-order valence-electron chi connectivity index (χ0n) is 29.7. The number of carboxylic acids is 1. The van der Waals surface area contributed by atoms with Crippen molar-refractivity contribution in [3.05, 3.63) is 116 Å². The number of aliphatic carboxylic acids is 1. The third kappa shape index (κ3) is 7.73. The first-order chi connectivity index (χ1) is 25.2. The molecule has 1 amide bonds. The van der Waals surface area contributed by atoms with E-state index in [-0.39, 0.29) is 54.7 Å². The Balaban J connectivity index is 1.62. The molecule has 3 aromatic carbocycles. The van der Waals surface area contributed by atoms with Crippen LogP contribution in [-0.4, -0.2) is 57.4 Å². The Morgan fingerprint density at radius 1 is 0.981 bits per heavy atom. The van der Waals surface area contributed by atoms with Crippen LogP contribution in [0.25, 0.3) is 11.1 Å². The van der Waals surface area contributed by atoms with E-state index in [0.717, 1.165) is 18.3 Å². The second kappa shape index (κ2) is 14.3. The number of fused-ring (bicyclic) bond motifs is 6. The van der Waals surface area contributed by atoms with Crippen molar-refractivity contribution in [1.29, 1.82) is 0 Å². The number of carbonyl (C=O) groups excluding carboxylic acids is 1. The Kier molecular flexibility index (Phi) is 10.2. The van der Waals surface area contributed by atoms with Gasteiger partial charge in [-0.2, -0.15) is 13.2 Å². The van der Waals surface area contributed by atoms with E-state index in [1.807, 2.05) is 0 Å². The molecule has 1 fully saturated rings. The molecular weight excluding hydrogens is 720 g/mol. The summed E-state index contributed by atoms with van der Waals surface area (Å²) in [5.74, 6) is -4.58. The molecule has 3 N–H and O–H groups in total. The number of nitrogens with zero attached hydrogens (tertiary/aromatic N) is 2. The van der Waals surface area contributed by atoms with Crippen LogP contribution in [0, 0.1) is 25.5 Å². The molecule has 15 heteroatoms. The average Bonchev–Trinajstić information content (AvgIpc) is 3.04. The first kappa shape index (κ1) is 38.6. The van der Waals surface area contributed by atoms with Crippen molar-refractivity contribution in [2.45, 2.75) is 70.6 Å². The van der Waals surface area contributed by atoms with Gasteiger partial charge in [0, 0.05) is 48.6 Å². The van der Waals surface area contributed by atoms with Crippen LogP contribution in [0.1, 0.15) is 71.3 Å². The average molecular weight is 758 g/mol. The van der Waals surface area contributed by atoms with Crippen LogP contribution in [0.5, 0.6) is 11.5 Å². The summed E-state index contributed by atoms with van der Waals surface area (Å²) >= 11 is 0. The standard InChI is InChI=1S/C39H37F6N3O6/c1-19-10-23(38(3,4)53)12-31-34(19)22-9-20(2)35(42)27(11-22)30(15-33(50)51)46-37(52)36(26-13-25(54-31)5-6-29(26)41)48-16-21(7-8-47-17-24(40)18-47)28(14-32(48)49)39(43,44)45/h5-6,9-14,16,24,30,36,53H,7-8,15,17-18H2,1-4H3,(H,46,52)(H,50,51)/t30-,36-/m0/s1. The van der Waals surface area contributed by atoms with E-state index in [0.29, 0.717) is 26.8 Å². The lowest BCUT2D eigenvalue weighted by molar-refractivity contribution is -0.139.